The lowest BCUT2D eigenvalue weighted by molar-refractivity contribution is 0.865. The average molecular weight is 316 g/mol. The van der Waals surface area contributed by atoms with Crippen LogP contribution in [0.1, 0.15) is 12.7 Å². The Morgan fingerprint density at radius 2 is 2.18 bits per heavy atom. The zero-order chi connectivity index (χ0) is 12.6. The van der Waals surface area contributed by atoms with Crippen LogP contribution in [0.3, 0.4) is 0 Å². The predicted molar refractivity (Wildman–Crippen MR) is 74.3 cm³/mol. The number of hydrogen-bond acceptors (Lipinski definition) is 3. The van der Waals surface area contributed by atoms with Gasteiger partial charge in [0.1, 0.15) is 11.5 Å². The number of aryl methyl sites for hydroxylation is 1. The predicted octanol–water partition coefficient (Wildman–Crippen LogP) is 2.82. The highest BCUT2D eigenvalue weighted by molar-refractivity contribution is 9.10. The van der Waals surface area contributed by atoms with Crippen molar-refractivity contribution < 1.29 is 0 Å². The Labute approximate surface area is 113 Å². The van der Waals surface area contributed by atoms with Crippen LogP contribution in [0.4, 0.5) is 5.82 Å². The van der Waals surface area contributed by atoms with Crippen LogP contribution in [0.15, 0.2) is 22.7 Å². The number of nitrogen functional groups attached to an aromatic ring is 2. The lowest BCUT2D eigenvalue weighted by atomic mass is 10.1. The summed E-state index contributed by atoms with van der Waals surface area (Å²) in [6, 6.07) is 5.57. The molecular weight excluding hydrogens is 304 g/mol. The van der Waals surface area contributed by atoms with Crippen molar-refractivity contribution in [2.24, 2.45) is 0 Å². The van der Waals surface area contributed by atoms with Gasteiger partial charge in [-0.15, -0.1) is 0 Å². The van der Waals surface area contributed by atoms with Gasteiger partial charge in [0.2, 0.25) is 0 Å². The van der Waals surface area contributed by atoms with Crippen molar-refractivity contribution in [3.8, 4) is 11.3 Å². The van der Waals surface area contributed by atoms with E-state index in [1.165, 1.54) is 4.68 Å². The number of anilines is 1. The summed E-state index contributed by atoms with van der Waals surface area (Å²) in [5.74, 6) is 7.00. The molecule has 1 heterocycles. The van der Waals surface area contributed by atoms with Crippen molar-refractivity contribution in [3.63, 3.8) is 0 Å². The van der Waals surface area contributed by atoms with E-state index in [2.05, 4.69) is 20.9 Å². The first-order valence-corrected chi connectivity index (χ1v) is 6.29. The lowest BCUT2D eigenvalue weighted by Crippen LogP contribution is -2.14. The SMILES string of the molecule is CCc1nc(-c2ccc(Br)c(Cl)c2)c(N)n1N. The number of hydrogen-bond donors (Lipinski definition) is 2. The highest BCUT2D eigenvalue weighted by Gasteiger charge is 2.14. The normalized spacial score (nSPS) is 10.8. The standard InChI is InChI=1S/C11H12BrClN4/c1-2-9-16-10(11(14)17(9)15)6-3-4-7(12)8(13)5-6/h3-5H,2,14-15H2,1H3. The van der Waals surface area contributed by atoms with E-state index >= 15 is 0 Å². The zero-order valence-electron chi connectivity index (χ0n) is 9.24. The van der Waals surface area contributed by atoms with Gasteiger partial charge in [0.05, 0.1) is 5.02 Å². The molecule has 90 valence electrons. The molecule has 0 aliphatic carbocycles. The molecule has 0 fully saturated rings. The van der Waals surface area contributed by atoms with Gasteiger partial charge in [-0.05, 0) is 28.1 Å². The van der Waals surface area contributed by atoms with Crippen molar-refractivity contribution in [1.29, 1.82) is 0 Å². The Bertz CT molecular complexity index is 565. The number of aromatic nitrogens is 2. The fourth-order valence-electron chi connectivity index (χ4n) is 1.60. The fraction of sp³-hybridized carbons (Fsp3) is 0.182. The molecule has 4 nitrogen and oxygen atoms in total. The molecule has 2 aromatic rings. The molecule has 0 atom stereocenters. The summed E-state index contributed by atoms with van der Waals surface area (Å²) in [5.41, 5.74) is 7.44. The van der Waals surface area contributed by atoms with Gasteiger partial charge in [-0.25, -0.2) is 9.66 Å². The van der Waals surface area contributed by atoms with Crippen LogP contribution in [0.5, 0.6) is 0 Å². The van der Waals surface area contributed by atoms with Crippen LogP contribution < -0.4 is 11.6 Å². The van der Waals surface area contributed by atoms with E-state index in [1.54, 1.807) is 0 Å². The van der Waals surface area contributed by atoms with Crippen LogP contribution in [-0.2, 0) is 6.42 Å². The van der Waals surface area contributed by atoms with E-state index in [9.17, 15) is 0 Å². The summed E-state index contributed by atoms with van der Waals surface area (Å²) < 4.78 is 2.25. The molecule has 17 heavy (non-hydrogen) atoms. The molecule has 0 saturated heterocycles. The molecule has 0 amide bonds. The van der Waals surface area contributed by atoms with Crippen molar-refractivity contribution in [2.75, 3.05) is 11.6 Å². The molecule has 0 aliphatic rings. The summed E-state index contributed by atoms with van der Waals surface area (Å²) in [5, 5.41) is 0.617. The van der Waals surface area contributed by atoms with Crippen molar-refractivity contribution in [3.05, 3.63) is 33.5 Å². The minimum absolute atomic E-state index is 0.445. The second-order valence-electron chi connectivity index (χ2n) is 3.61. The van der Waals surface area contributed by atoms with E-state index in [-0.39, 0.29) is 0 Å². The maximum Gasteiger partial charge on any atom is 0.150 e. The van der Waals surface area contributed by atoms with E-state index < -0.39 is 0 Å². The minimum atomic E-state index is 0.445. The molecule has 0 bridgehead atoms. The smallest absolute Gasteiger partial charge is 0.150 e. The number of nitrogens with two attached hydrogens (primary N) is 2. The molecule has 0 spiro atoms. The van der Waals surface area contributed by atoms with Crippen molar-refractivity contribution in [2.45, 2.75) is 13.3 Å². The average Bonchev–Trinajstić information content (AvgIpc) is 2.60. The summed E-state index contributed by atoms with van der Waals surface area (Å²) in [6.45, 7) is 1.98. The van der Waals surface area contributed by atoms with Gasteiger partial charge >= 0.3 is 0 Å². The summed E-state index contributed by atoms with van der Waals surface area (Å²) in [7, 11) is 0. The van der Waals surface area contributed by atoms with Gasteiger partial charge in [-0.2, -0.15) is 0 Å². The maximum absolute atomic E-state index is 6.04. The van der Waals surface area contributed by atoms with Gasteiger partial charge < -0.3 is 11.6 Å². The number of benzene rings is 1. The van der Waals surface area contributed by atoms with Crippen LogP contribution in [-0.4, -0.2) is 9.66 Å². The molecule has 4 N–H and O–H groups in total. The Balaban J connectivity index is 2.56. The number of imidazole rings is 1. The van der Waals surface area contributed by atoms with Gasteiger partial charge in [0, 0.05) is 16.5 Å². The number of halogens is 2. The maximum atomic E-state index is 6.04. The first-order chi connectivity index (χ1) is 8.04. The van der Waals surface area contributed by atoms with Gasteiger partial charge in [-0.3, -0.25) is 0 Å². The summed E-state index contributed by atoms with van der Waals surface area (Å²) >= 11 is 9.38. The van der Waals surface area contributed by atoms with Crippen LogP contribution in [0.2, 0.25) is 5.02 Å². The van der Waals surface area contributed by atoms with Gasteiger partial charge in [0.25, 0.3) is 0 Å². The fourth-order valence-corrected chi connectivity index (χ4v) is 2.03. The Kier molecular flexibility index (Phi) is 3.31. The highest BCUT2D eigenvalue weighted by Crippen LogP contribution is 2.31. The number of nitrogens with zero attached hydrogens (tertiary/aromatic N) is 2. The highest BCUT2D eigenvalue weighted by atomic mass is 79.9. The van der Waals surface area contributed by atoms with Crippen LogP contribution in [0.25, 0.3) is 11.3 Å². The third-order valence-electron chi connectivity index (χ3n) is 2.53. The van der Waals surface area contributed by atoms with Crippen LogP contribution >= 0.6 is 27.5 Å². The van der Waals surface area contributed by atoms with Crippen LogP contribution in [0, 0.1) is 0 Å². The second kappa shape index (κ2) is 4.58. The second-order valence-corrected chi connectivity index (χ2v) is 4.88. The number of rotatable bonds is 2. The molecule has 1 aromatic carbocycles. The molecule has 0 aliphatic heterocycles. The lowest BCUT2D eigenvalue weighted by Gasteiger charge is -2.02. The van der Waals surface area contributed by atoms with E-state index in [1.807, 2.05) is 25.1 Å². The Hall–Kier alpha value is -1.20. The molecular formula is C11H12BrClN4. The molecule has 0 saturated carbocycles. The Morgan fingerprint density at radius 3 is 2.71 bits per heavy atom. The first-order valence-electron chi connectivity index (χ1n) is 5.12. The van der Waals surface area contributed by atoms with Crippen molar-refractivity contribution >= 4 is 33.3 Å². The minimum Gasteiger partial charge on any atom is -0.382 e. The third-order valence-corrected chi connectivity index (χ3v) is 3.76. The molecule has 6 heteroatoms. The first kappa shape index (κ1) is 12.3. The molecule has 1 aromatic heterocycles. The van der Waals surface area contributed by atoms with Gasteiger partial charge in [0.15, 0.2) is 5.82 Å². The summed E-state index contributed by atoms with van der Waals surface area (Å²) in [4.78, 5) is 4.41. The van der Waals surface area contributed by atoms with E-state index in [0.717, 1.165) is 22.3 Å². The quantitative estimate of drug-likeness (QED) is 0.837. The van der Waals surface area contributed by atoms with Crippen molar-refractivity contribution in [1.82, 2.24) is 9.66 Å². The Morgan fingerprint density at radius 1 is 1.47 bits per heavy atom. The third kappa shape index (κ3) is 2.12. The molecule has 2 rings (SSSR count). The van der Waals surface area contributed by atoms with E-state index in [0.29, 0.717) is 16.5 Å². The zero-order valence-corrected chi connectivity index (χ0v) is 11.6. The topological polar surface area (TPSA) is 69.9 Å². The molecule has 0 radical (unpaired) electrons. The largest absolute Gasteiger partial charge is 0.382 e. The van der Waals surface area contributed by atoms with Gasteiger partial charge in [-0.1, -0.05) is 24.6 Å². The van der Waals surface area contributed by atoms with E-state index in [4.69, 9.17) is 23.2 Å². The monoisotopic (exact) mass is 314 g/mol. The summed E-state index contributed by atoms with van der Waals surface area (Å²) in [6.07, 6.45) is 0.727. The molecule has 0 unspecified atom stereocenters.